The third-order valence-electron chi connectivity index (χ3n) is 3.78. The van der Waals surface area contributed by atoms with E-state index in [-0.39, 0.29) is 0 Å². The van der Waals surface area contributed by atoms with Crippen molar-refractivity contribution in [3.05, 3.63) is 46.8 Å². The van der Waals surface area contributed by atoms with Crippen LogP contribution in [0.15, 0.2) is 36.4 Å². The van der Waals surface area contributed by atoms with Gasteiger partial charge >= 0.3 is 0 Å². The Morgan fingerprint density at radius 3 is 2.40 bits per heavy atom. The maximum absolute atomic E-state index is 3.38. The third kappa shape index (κ3) is 3.71. The second kappa shape index (κ2) is 7.61. The van der Waals surface area contributed by atoms with Crippen LogP contribution in [-0.4, -0.2) is 7.05 Å². The van der Waals surface area contributed by atoms with Gasteiger partial charge in [-0.2, -0.15) is 0 Å². The number of hydrogen-bond acceptors (Lipinski definition) is 2. The summed E-state index contributed by atoms with van der Waals surface area (Å²) in [7, 11) is 2.04. The van der Waals surface area contributed by atoms with Gasteiger partial charge in [0.2, 0.25) is 0 Å². The molecular weight excluding hydrogens is 262 g/mol. The van der Waals surface area contributed by atoms with E-state index in [1.807, 2.05) is 18.4 Å². The predicted molar refractivity (Wildman–Crippen MR) is 90.5 cm³/mol. The summed E-state index contributed by atoms with van der Waals surface area (Å²) in [6.45, 7) is 4.47. The van der Waals surface area contributed by atoms with Crippen molar-refractivity contribution in [1.29, 1.82) is 0 Å². The first-order valence-electron chi connectivity index (χ1n) is 7.64. The summed E-state index contributed by atoms with van der Waals surface area (Å²) in [5.41, 5.74) is 2.79. The molecule has 0 spiro atoms. The standard InChI is InChI=1S/C18H25NS/c1-4-6-7-14-8-10-15(11-9-14)17-12-13-18(20-17)16(5-2)19-3/h8-13,16,19H,4-7H2,1-3H3. The van der Waals surface area contributed by atoms with Gasteiger partial charge in [0.25, 0.3) is 0 Å². The molecule has 1 aromatic carbocycles. The average molecular weight is 287 g/mol. The second-order valence-electron chi connectivity index (χ2n) is 5.25. The molecule has 108 valence electrons. The van der Waals surface area contributed by atoms with Crippen molar-refractivity contribution in [3.8, 4) is 10.4 Å². The van der Waals surface area contributed by atoms with Gasteiger partial charge in [0.1, 0.15) is 0 Å². The van der Waals surface area contributed by atoms with E-state index >= 15 is 0 Å². The molecule has 1 heterocycles. The van der Waals surface area contributed by atoms with Gasteiger partial charge in [0, 0.05) is 15.8 Å². The first kappa shape index (κ1) is 15.3. The van der Waals surface area contributed by atoms with Crippen LogP contribution >= 0.6 is 11.3 Å². The van der Waals surface area contributed by atoms with E-state index in [1.165, 1.54) is 40.1 Å². The van der Waals surface area contributed by atoms with E-state index < -0.39 is 0 Å². The number of nitrogens with one attached hydrogen (secondary N) is 1. The van der Waals surface area contributed by atoms with E-state index in [4.69, 9.17) is 0 Å². The molecule has 1 aromatic heterocycles. The summed E-state index contributed by atoms with van der Waals surface area (Å²) in [5, 5.41) is 3.38. The first-order valence-corrected chi connectivity index (χ1v) is 8.46. The zero-order valence-electron chi connectivity index (χ0n) is 12.8. The van der Waals surface area contributed by atoms with Crippen LogP contribution in [0.4, 0.5) is 0 Å². The number of unbranched alkanes of at least 4 members (excludes halogenated alkanes) is 1. The van der Waals surface area contributed by atoms with Crippen LogP contribution in [0.3, 0.4) is 0 Å². The lowest BCUT2D eigenvalue weighted by atomic mass is 10.1. The molecule has 1 nitrogen and oxygen atoms in total. The molecule has 0 saturated carbocycles. The van der Waals surface area contributed by atoms with Crippen molar-refractivity contribution in [3.63, 3.8) is 0 Å². The zero-order chi connectivity index (χ0) is 14.4. The average Bonchev–Trinajstić information content (AvgIpc) is 2.97. The topological polar surface area (TPSA) is 12.0 Å². The quantitative estimate of drug-likeness (QED) is 0.716. The van der Waals surface area contributed by atoms with Gasteiger partial charge in [-0.1, -0.05) is 44.5 Å². The Bertz CT molecular complexity index is 508. The fraction of sp³-hybridized carbons (Fsp3) is 0.444. The van der Waals surface area contributed by atoms with Crippen molar-refractivity contribution >= 4 is 11.3 Å². The Labute approximate surface area is 127 Å². The Hall–Kier alpha value is -1.12. The summed E-state index contributed by atoms with van der Waals surface area (Å²) in [6, 6.07) is 14.1. The number of benzene rings is 1. The normalized spacial score (nSPS) is 12.6. The minimum atomic E-state index is 0.484. The lowest BCUT2D eigenvalue weighted by Crippen LogP contribution is -2.13. The zero-order valence-corrected chi connectivity index (χ0v) is 13.6. The summed E-state index contributed by atoms with van der Waals surface area (Å²) < 4.78 is 0. The molecule has 1 unspecified atom stereocenters. The minimum Gasteiger partial charge on any atom is -0.312 e. The van der Waals surface area contributed by atoms with Crippen LogP contribution in [0.25, 0.3) is 10.4 Å². The van der Waals surface area contributed by atoms with Gasteiger partial charge in [-0.05, 0) is 49.6 Å². The molecule has 0 aliphatic heterocycles. The molecule has 0 fully saturated rings. The van der Waals surface area contributed by atoms with Gasteiger partial charge in [-0.15, -0.1) is 11.3 Å². The third-order valence-corrected chi connectivity index (χ3v) is 5.03. The first-order chi connectivity index (χ1) is 9.78. The van der Waals surface area contributed by atoms with Crippen LogP contribution in [0.5, 0.6) is 0 Å². The molecule has 0 saturated heterocycles. The molecule has 0 aliphatic rings. The lowest BCUT2D eigenvalue weighted by Gasteiger charge is -2.10. The number of hydrogen-bond donors (Lipinski definition) is 1. The van der Waals surface area contributed by atoms with E-state index in [1.54, 1.807) is 0 Å². The highest BCUT2D eigenvalue weighted by molar-refractivity contribution is 7.15. The van der Waals surface area contributed by atoms with Crippen molar-refractivity contribution in [1.82, 2.24) is 5.32 Å². The van der Waals surface area contributed by atoms with Gasteiger partial charge in [0.05, 0.1) is 0 Å². The van der Waals surface area contributed by atoms with Crippen LogP contribution in [0, 0.1) is 0 Å². The number of thiophene rings is 1. The highest BCUT2D eigenvalue weighted by Crippen LogP contribution is 2.32. The summed E-state index contributed by atoms with van der Waals surface area (Å²) in [6.07, 6.45) is 4.87. The molecule has 2 aromatic rings. The highest BCUT2D eigenvalue weighted by Gasteiger charge is 2.10. The molecule has 20 heavy (non-hydrogen) atoms. The summed E-state index contributed by atoms with van der Waals surface area (Å²) >= 11 is 1.90. The molecule has 0 aliphatic carbocycles. The summed E-state index contributed by atoms with van der Waals surface area (Å²) in [4.78, 5) is 2.80. The maximum atomic E-state index is 3.38. The SMILES string of the molecule is CCCCc1ccc(-c2ccc(C(CC)NC)s2)cc1. The van der Waals surface area contributed by atoms with Crippen LogP contribution in [-0.2, 0) is 6.42 Å². The van der Waals surface area contributed by atoms with Crippen LogP contribution in [0.2, 0.25) is 0 Å². The Morgan fingerprint density at radius 1 is 1.05 bits per heavy atom. The van der Waals surface area contributed by atoms with Crippen molar-refractivity contribution in [2.45, 2.75) is 45.6 Å². The molecule has 2 heteroatoms. The van der Waals surface area contributed by atoms with Gasteiger partial charge in [-0.3, -0.25) is 0 Å². The van der Waals surface area contributed by atoms with Crippen molar-refractivity contribution < 1.29 is 0 Å². The van der Waals surface area contributed by atoms with E-state index in [2.05, 4.69) is 55.6 Å². The molecule has 1 atom stereocenters. The molecule has 2 rings (SSSR count). The van der Waals surface area contributed by atoms with Gasteiger partial charge in [0.15, 0.2) is 0 Å². The molecule has 0 bridgehead atoms. The van der Waals surface area contributed by atoms with Gasteiger partial charge < -0.3 is 5.32 Å². The number of rotatable bonds is 7. The lowest BCUT2D eigenvalue weighted by molar-refractivity contribution is 0.586. The van der Waals surface area contributed by atoms with Gasteiger partial charge in [-0.25, -0.2) is 0 Å². The molecule has 1 N–H and O–H groups in total. The monoisotopic (exact) mass is 287 g/mol. The highest BCUT2D eigenvalue weighted by atomic mass is 32.1. The minimum absolute atomic E-state index is 0.484. The van der Waals surface area contributed by atoms with Crippen LogP contribution < -0.4 is 5.32 Å². The van der Waals surface area contributed by atoms with Crippen molar-refractivity contribution in [2.24, 2.45) is 0 Å². The summed E-state index contributed by atoms with van der Waals surface area (Å²) in [5.74, 6) is 0. The largest absolute Gasteiger partial charge is 0.312 e. The Kier molecular flexibility index (Phi) is 5.81. The second-order valence-corrected chi connectivity index (χ2v) is 6.37. The smallest absolute Gasteiger partial charge is 0.0409 e. The molecule has 0 amide bonds. The Balaban J connectivity index is 2.11. The fourth-order valence-electron chi connectivity index (χ4n) is 2.46. The van der Waals surface area contributed by atoms with E-state index in [0.29, 0.717) is 6.04 Å². The molecule has 0 radical (unpaired) electrons. The Morgan fingerprint density at radius 2 is 1.80 bits per heavy atom. The van der Waals surface area contributed by atoms with Crippen LogP contribution in [0.1, 0.15) is 49.6 Å². The van der Waals surface area contributed by atoms with E-state index in [9.17, 15) is 0 Å². The van der Waals surface area contributed by atoms with Crippen molar-refractivity contribution in [2.75, 3.05) is 7.05 Å². The number of aryl methyl sites for hydroxylation is 1. The predicted octanol–water partition coefficient (Wildman–Crippen LogP) is 5.43. The molecular formula is C18H25NS. The fourth-order valence-corrected chi connectivity index (χ4v) is 3.67. The van der Waals surface area contributed by atoms with E-state index in [0.717, 1.165) is 6.42 Å². The maximum Gasteiger partial charge on any atom is 0.0409 e.